The summed E-state index contributed by atoms with van der Waals surface area (Å²) in [5.74, 6) is 0.643. The van der Waals surface area contributed by atoms with Crippen LogP contribution in [0, 0.1) is 0 Å². The number of ether oxygens (including phenoxy) is 1. The molecule has 0 fully saturated rings. The van der Waals surface area contributed by atoms with Gasteiger partial charge in [0, 0.05) is 17.6 Å². The molecule has 0 aromatic heterocycles. The summed E-state index contributed by atoms with van der Waals surface area (Å²) in [5, 5.41) is 9.28. The van der Waals surface area contributed by atoms with Gasteiger partial charge < -0.3 is 9.84 Å². The highest BCUT2D eigenvalue weighted by Gasteiger charge is 2.09. The van der Waals surface area contributed by atoms with Crippen molar-refractivity contribution in [2.24, 2.45) is 0 Å². The minimum absolute atomic E-state index is 0.212. The van der Waals surface area contributed by atoms with E-state index < -0.39 is 0 Å². The molecule has 1 aromatic rings. The lowest BCUT2D eigenvalue weighted by atomic mass is 10.1. The average molecular weight is 268 g/mol. The van der Waals surface area contributed by atoms with E-state index in [0.717, 1.165) is 23.3 Å². The Morgan fingerprint density at radius 2 is 2.06 bits per heavy atom. The van der Waals surface area contributed by atoms with Crippen LogP contribution < -0.4 is 0 Å². The Morgan fingerprint density at radius 1 is 1.39 bits per heavy atom. The van der Waals surface area contributed by atoms with E-state index in [1.54, 1.807) is 11.8 Å². The number of esters is 1. The topological polar surface area (TPSA) is 46.5 Å². The van der Waals surface area contributed by atoms with Crippen molar-refractivity contribution in [1.29, 1.82) is 0 Å². The molecule has 0 spiro atoms. The molecule has 0 radical (unpaired) electrons. The molecule has 0 aliphatic carbocycles. The van der Waals surface area contributed by atoms with E-state index in [9.17, 15) is 4.79 Å². The largest absolute Gasteiger partial charge is 0.469 e. The van der Waals surface area contributed by atoms with Gasteiger partial charge in [-0.1, -0.05) is 31.2 Å². The van der Waals surface area contributed by atoms with Crippen LogP contribution in [0.5, 0.6) is 0 Å². The summed E-state index contributed by atoms with van der Waals surface area (Å²) < 4.78 is 4.69. The van der Waals surface area contributed by atoms with Crippen LogP contribution in [0.4, 0.5) is 0 Å². The van der Waals surface area contributed by atoms with E-state index in [4.69, 9.17) is 9.84 Å². The normalized spacial score (nSPS) is 12.2. The molecule has 1 atom stereocenters. The first-order valence-electron chi connectivity index (χ1n) is 6.03. The number of aliphatic hydroxyl groups is 1. The van der Waals surface area contributed by atoms with E-state index in [-0.39, 0.29) is 12.6 Å². The Bertz CT molecular complexity index is 379. The highest BCUT2D eigenvalue weighted by atomic mass is 32.2. The Balaban J connectivity index is 2.61. The molecule has 1 N–H and O–H groups in total. The van der Waals surface area contributed by atoms with Crippen molar-refractivity contribution < 1.29 is 14.6 Å². The summed E-state index contributed by atoms with van der Waals surface area (Å²) in [6.07, 6.45) is 1.12. The first-order chi connectivity index (χ1) is 8.67. The van der Waals surface area contributed by atoms with Crippen molar-refractivity contribution in [2.45, 2.75) is 30.8 Å². The molecule has 0 amide bonds. The number of hydrogen-bond donors (Lipinski definition) is 1. The zero-order chi connectivity index (χ0) is 13.4. The molecule has 1 rings (SSSR count). The fourth-order valence-electron chi connectivity index (χ4n) is 1.60. The fraction of sp³-hybridized carbons (Fsp3) is 0.500. The van der Waals surface area contributed by atoms with Gasteiger partial charge in [0.25, 0.3) is 0 Å². The van der Waals surface area contributed by atoms with E-state index >= 15 is 0 Å². The number of aliphatic hydroxyl groups excluding tert-OH is 1. The Hall–Kier alpha value is -1.00. The van der Waals surface area contributed by atoms with Crippen LogP contribution in [0.1, 0.15) is 24.5 Å². The smallest absolute Gasteiger partial charge is 0.309 e. The molecule has 0 heterocycles. The van der Waals surface area contributed by atoms with E-state index in [2.05, 4.69) is 6.92 Å². The molecular formula is C14H20O3S. The number of thioether (sulfide) groups is 1. The fourth-order valence-corrected chi connectivity index (χ4v) is 2.61. The molecule has 1 aromatic carbocycles. The van der Waals surface area contributed by atoms with Gasteiger partial charge in [-0.05, 0) is 17.5 Å². The maximum Gasteiger partial charge on any atom is 0.309 e. The average Bonchev–Trinajstić information content (AvgIpc) is 2.38. The zero-order valence-corrected chi connectivity index (χ0v) is 11.7. The summed E-state index contributed by atoms with van der Waals surface area (Å²) >= 11 is 1.79. The predicted molar refractivity (Wildman–Crippen MR) is 74.6 cm³/mol. The number of methoxy groups -OCH3 is 1. The molecule has 18 heavy (non-hydrogen) atoms. The molecule has 0 aliphatic rings. The summed E-state index contributed by atoms with van der Waals surface area (Å²) in [6.45, 7) is 2.32. The van der Waals surface area contributed by atoms with Crippen molar-refractivity contribution in [3.05, 3.63) is 35.4 Å². The predicted octanol–water partition coefficient (Wildman–Crippen LogP) is 2.41. The SMILES string of the molecule is COC(=O)Cc1ccccc1CSC(C)CCO. The van der Waals surface area contributed by atoms with Gasteiger partial charge >= 0.3 is 5.97 Å². The Labute approximate surface area is 113 Å². The number of benzene rings is 1. The lowest BCUT2D eigenvalue weighted by molar-refractivity contribution is -0.139. The van der Waals surface area contributed by atoms with Crippen LogP contribution >= 0.6 is 11.8 Å². The minimum atomic E-state index is -0.212. The Morgan fingerprint density at radius 3 is 2.67 bits per heavy atom. The first kappa shape index (κ1) is 15.1. The number of rotatable bonds is 7. The summed E-state index contributed by atoms with van der Waals surface area (Å²) in [5.41, 5.74) is 2.19. The molecule has 0 aliphatic heterocycles. The van der Waals surface area contributed by atoms with Crippen LogP contribution in [-0.2, 0) is 21.7 Å². The maximum atomic E-state index is 11.3. The summed E-state index contributed by atoms with van der Waals surface area (Å²) in [7, 11) is 1.41. The van der Waals surface area contributed by atoms with Crippen molar-refractivity contribution in [3.8, 4) is 0 Å². The van der Waals surface area contributed by atoms with Gasteiger partial charge in [0.1, 0.15) is 0 Å². The molecule has 0 bridgehead atoms. The van der Waals surface area contributed by atoms with Crippen LogP contribution in [0.15, 0.2) is 24.3 Å². The molecular weight excluding hydrogens is 248 g/mol. The van der Waals surface area contributed by atoms with Crippen LogP contribution in [0.3, 0.4) is 0 Å². The second kappa shape index (κ2) is 8.16. The number of hydrogen-bond acceptors (Lipinski definition) is 4. The standard InChI is InChI=1S/C14H20O3S/c1-11(7-8-15)18-10-13-6-4-3-5-12(13)9-14(16)17-2/h3-6,11,15H,7-10H2,1-2H3. The zero-order valence-electron chi connectivity index (χ0n) is 10.9. The molecule has 3 nitrogen and oxygen atoms in total. The summed E-state index contributed by atoms with van der Waals surface area (Å²) in [6, 6.07) is 7.91. The van der Waals surface area contributed by atoms with Crippen molar-refractivity contribution in [2.75, 3.05) is 13.7 Å². The van der Waals surface area contributed by atoms with Gasteiger partial charge in [-0.25, -0.2) is 0 Å². The maximum absolute atomic E-state index is 11.3. The third-order valence-electron chi connectivity index (χ3n) is 2.74. The van der Waals surface area contributed by atoms with E-state index in [1.165, 1.54) is 7.11 Å². The second-order valence-electron chi connectivity index (χ2n) is 4.16. The lowest BCUT2D eigenvalue weighted by Crippen LogP contribution is -2.07. The van der Waals surface area contributed by atoms with Crippen molar-refractivity contribution in [1.82, 2.24) is 0 Å². The monoisotopic (exact) mass is 268 g/mol. The lowest BCUT2D eigenvalue weighted by Gasteiger charge is -2.12. The molecule has 100 valence electrons. The highest BCUT2D eigenvalue weighted by Crippen LogP contribution is 2.22. The Kier molecular flexibility index (Phi) is 6.83. The van der Waals surface area contributed by atoms with Crippen molar-refractivity contribution >= 4 is 17.7 Å². The molecule has 0 saturated carbocycles. The van der Waals surface area contributed by atoms with Gasteiger partial charge in [0.2, 0.25) is 0 Å². The van der Waals surface area contributed by atoms with Gasteiger partial charge in [0.05, 0.1) is 13.5 Å². The van der Waals surface area contributed by atoms with Gasteiger partial charge in [-0.3, -0.25) is 4.79 Å². The van der Waals surface area contributed by atoms with Crippen LogP contribution in [0.25, 0.3) is 0 Å². The van der Waals surface area contributed by atoms with Gasteiger partial charge in [-0.15, -0.1) is 0 Å². The van der Waals surface area contributed by atoms with E-state index in [0.29, 0.717) is 11.7 Å². The first-order valence-corrected chi connectivity index (χ1v) is 7.08. The quantitative estimate of drug-likeness (QED) is 0.771. The minimum Gasteiger partial charge on any atom is -0.469 e. The third kappa shape index (κ3) is 5.10. The number of carbonyl (C=O) groups excluding carboxylic acids is 1. The third-order valence-corrected chi connectivity index (χ3v) is 4.02. The highest BCUT2D eigenvalue weighted by molar-refractivity contribution is 7.99. The van der Waals surface area contributed by atoms with Gasteiger partial charge in [0.15, 0.2) is 0 Å². The van der Waals surface area contributed by atoms with Crippen LogP contribution in [-0.4, -0.2) is 30.0 Å². The van der Waals surface area contributed by atoms with Crippen LogP contribution in [0.2, 0.25) is 0 Å². The van der Waals surface area contributed by atoms with Crippen molar-refractivity contribution in [3.63, 3.8) is 0 Å². The second-order valence-corrected chi connectivity index (χ2v) is 5.58. The molecule has 4 heteroatoms. The van der Waals surface area contributed by atoms with E-state index in [1.807, 2.05) is 24.3 Å². The van der Waals surface area contributed by atoms with Gasteiger partial charge in [-0.2, -0.15) is 11.8 Å². The molecule has 0 saturated heterocycles. The number of carbonyl (C=O) groups is 1. The molecule has 1 unspecified atom stereocenters. The summed E-state index contributed by atoms with van der Waals surface area (Å²) in [4.78, 5) is 11.3.